The van der Waals surface area contributed by atoms with Gasteiger partial charge in [-0.2, -0.15) is 18.3 Å². The zero-order valence-corrected chi connectivity index (χ0v) is 20.5. The van der Waals surface area contributed by atoms with E-state index >= 15 is 0 Å². The second-order valence-corrected chi connectivity index (χ2v) is 7.79. The fourth-order valence-electron chi connectivity index (χ4n) is 2.96. The lowest BCUT2D eigenvalue weighted by Gasteiger charge is -2.08. The van der Waals surface area contributed by atoms with Gasteiger partial charge in [-0.3, -0.25) is 9.36 Å². The van der Waals surface area contributed by atoms with Gasteiger partial charge < -0.3 is 11.5 Å². The Morgan fingerprint density at radius 2 is 1.81 bits per heavy atom. The Kier molecular flexibility index (Phi) is 10.4. The highest BCUT2D eigenvalue weighted by Gasteiger charge is 2.28. The molecule has 0 aliphatic rings. The van der Waals surface area contributed by atoms with Gasteiger partial charge in [0.2, 0.25) is 0 Å². The molecule has 0 aliphatic heterocycles. The standard InChI is InChI=1S/C20H18Cl2F3N7O2.CH5N/c21-14-3-1-13(2-4-14)18-29-32(19(34)30(18)10-7-20(23,24)25)11-16-27-17(12-33)31(28-16)9-6-15(22)5-8-26;1-2/h1-6,8,12H,7,9-11,26H2;2H2,1H3/b8-5-,15-6+;. The topological polar surface area (TPSA) is 140 Å². The quantitative estimate of drug-likeness (QED) is 0.310. The molecule has 0 saturated heterocycles. The number of alkyl halides is 3. The minimum absolute atomic E-state index is 0.0317. The number of carbonyl (C=O) groups excluding carboxylic acids is 1. The van der Waals surface area contributed by atoms with Crippen molar-refractivity contribution in [3.63, 3.8) is 0 Å². The fourth-order valence-corrected chi connectivity index (χ4v) is 3.22. The van der Waals surface area contributed by atoms with Crippen LogP contribution in [-0.2, 0) is 19.6 Å². The molecule has 0 atom stereocenters. The average molecular weight is 547 g/mol. The maximum absolute atomic E-state index is 12.9. The molecule has 0 spiro atoms. The highest BCUT2D eigenvalue weighted by atomic mass is 35.5. The molecule has 2 aromatic heterocycles. The minimum Gasteiger partial charge on any atom is -0.405 e. The van der Waals surface area contributed by atoms with Crippen LogP contribution in [0.4, 0.5) is 13.2 Å². The van der Waals surface area contributed by atoms with E-state index in [2.05, 4.69) is 20.9 Å². The van der Waals surface area contributed by atoms with Crippen molar-refractivity contribution in [2.45, 2.75) is 32.2 Å². The molecule has 36 heavy (non-hydrogen) atoms. The third-order valence-electron chi connectivity index (χ3n) is 4.50. The van der Waals surface area contributed by atoms with Gasteiger partial charge in [-0.15, -0.1) is 5.10 Å². The Morgan fingerprint density at radius 3 is 2.39 bits per heavy atom. The number of carbonyl (C=O) groups is 1. The molecule has 0 amide bonds. The summed E-state index contributed by atoms with van der Waals surface area (Å²) in [7, 11) is 1.50. The highest BCUT2D eigenvalue weighted by Crippen LogP contribution is 2.23. The van der Waals surface area contributed by atoms with Crippen molar-refractivity contribution in [1.29, 1.82) is 0 Å². The molecule has 0 aliphatic carbocycles. The van der Waals surface area contributed by atoms with Crippen LogP contribution in [0.2, 0.25) is 5.02 Å². The van der Waals surface area contributed by atoms with E-state index in [0.29, 0.717) is 21.9 Å². The SMILES string of the molecule is CN.N/C=C\C(Cl)=C/Cn1nc(Cn2nc(-c3ccc(Cl)cc3)n(CCC(F)(F)F)c2=O)nc1C=O. The summed E-state index contributed by atoms with van der Waals surface area (Å²) < 4.78 is 41.6. The van der Waals surface area contributed by atoms with E-state index in [-0.39, 0.29) is 30.6 Å². The first-order valence-electron chi connectivity index (χ1n) is 10.3. The highest BCUT2D eigenvalue weighted by molar-refractivity contribution is 6.31. The molecule has 0 saturated carbocycles. The maximum Gasteiger partial charge on any atom is 0.390 e. The first-order chi connectivity index (χ1) is 17.1. The Labute approximate surface area is 213 Å². The van der Waals surface area contributed by atoms with Gasteiger partial charge in [-0.05, 0) is 49.7 Å². The number of benzene rings is 1. The first kappa shape index (κ1) is 28.8. The van der Waals surface area contributed by atoms with Gasteiger partial charge in [-0.1, -0.05) is 23.2 Å². The monoisotopic (exact) mass is 546 g/mol. The van der Waals surface area contributed by atoms with Crippen LogP contribution in [0.3, 0.4) is 0 Å². The Bertz CT molecular complexity index is 1280. The molecule has 3 rings (SSSR count). The van der Waals surface area contributed by atoms with Gasteiger partial charge in [0.15, 0.2) is 23.8 Å². The Hall–Kier alpha value is -3.42. The third kappa shape index (κ3) is 7.80. The molecule has 2 heterocycles. The zero-order valence-electron chi connectivity index (χ0n) is 19.0. The van der Waals surface area contributed by atoms with Crippen molar-refractivity contribution < 1.29 is 18.0 Å². The molecular formula is C21H23Cl2F3N8O2. The van der Waals surface area contributed by atoms with Crippen LogP contribution < -0.4 is 17.2 Å². The number of nitrogens with two attached hydrogens (primary N) is 2. The Morgan fingerprint density at radius 1 is 1.14 bits per heavy atom. The second kappa shape index (κ2) is 13.0. The van der Waals surface area contributed by atoms with Gasteiger partial charge in [0.25, 0.3) is 0 Å². The first-order valence-corrected chi connectivity index (χ1v) is 11.1. The van der Waals surface area contributed by atoms with E-state index in [1.54, 1.807) is 12.1 Å². The maximum atomic E-state index is 12.9. The molecule has 15 heteroatoms. The van der Waals surface area contributed by atoms with E-state index in [1.807, 2.05) is 0 Å². The Balaban J connectivity index is 0.00000222. The number of aromatic nitrogens is 6. The predicted octanol–water partition coefficient (Wildman–Crippen LogP) is 2.94. The lowest BCUT2D eigenvalue weighted by molar-refractivity contribution is -0.136. The lowest BCUT2D eigenvalue weighted by Crippen LogP contribution is -2.27. The average Bonchev–Trinajstić information content (AvgIpc) is 3.38. The molecule has 0 unspecified atom stereocenters. The largest absolute Gasteiger partial charge is 0.405 e. The van der Waals surface area contributed by atoms with E-state index in [0.717, 1.165) is 9.25 Å². The van der Waals surface area contributed by atoms with E-state index < -0.39 is 24.8 Å². The van der Waals surface area contributed by atoms with Crippen molar-refractivity contribution in [2.75, 3.05) is 7.05 Å². The van der Waals surface area contributed by atoms with Crippen molar-refractivity contribution in [3.05, 3.63) is 74.8 Å². The number of hydrogen-bond acceptors (Lipinski definition) is 7. The fraction of sp³-hybridized carbons (Fsp3) is 0.286. The number of allylic oxidation sites excluding steroid dienone is 3. The number of aldehydes is 1. The van der Waals surface area contributed by atoms with Gasteiger partial charge >= 0.3 is 11.9 Å². The second-order valence-electron chi connectivity index (χ2n) is 6.92. The molecular weight excluding hydrogens is 524 g/mol. The van der Waals surface area contributed by atoms with Crippen LogP contribution in [0.1, 0.15) is 22.9 Å². The van der Waals surface area contributed by atoms with Gasteiger partial charge in [0, 0.05) is 22.2 Å². The number of nitrogens with zero attached hydrogens (tertiary/aromatic N) is 6. The normalized spacial score (nSPS) is 12.0. The predicted molar refractivity (Wildman–Crippen MR) is 129 cm³/mol. The number of rotatable bonds is 9. The van der Waals surface area contributed by atoms with E-state index in [9.17, 15) is 22.8 Å². The molecule has 0 radical (unpaired) electrons. The summed E-state index contributed by atoms with van der Waals surface area (Å²) in [6.07, 6.45) is -0.997. The summed E-state index contributed by atoms with van der Waals surface area (Å²) in [5, 5.41) is 9.08. The van der Waals surface area contributed by atoms with Gasteiger partial charge in [0.05, 0.1) is 13.0 Å². The summed E-state index contributed by atoms with van der Waals surface area (Å²) in [6.45, 7) is -0.804. The zero-order chi connectivity index (χ0) is 26.9. The van der Waals surface area contributed by atoms with Crippen LogP contribution in [0.25, 0.3) is 11.4 Å². The number of hydrogen-bond donors (Lipinski definition) is 2. The van der Waals surface area contributed by atoms with Crippen molar-refractivity contribution in [2.24, 2.45) is 11.5 Å². The van der Waals surface area contributed by atoms with Crippen molar-refractivity contribution in [3.8, 4) is 11.4 Å². The molecule has 3 aromatic rings. The lowest BCUT2D eigenvalue weighted by atomic mass is 10.2. The number of halogens is 5. The van der Waals surface area contributed by atoms with Gasteiger partial charge in [0.1, 0.15) is 6.54 Å². The van der Waals surface area contributed by atoms with Crippen LogP contribution in [0.15, 0.2) is 52.4 Å². The van der Waals surface area contributed by atoms with E-state index in [1.165, 1.54) is 42.2 Å². The summed E-state index contributed by atoms with van der Waals surface area (Å²) in [5.41, 5.74) is 9.38. The molecule has 4 N–H and O–H groups in total. The molecule has 0 fully saturated rings. The smallest absolute Gasteiger partial charge is 0.390 e. The van der Waals surface area contributed by atoms with Gasteiger partial charge in [-0.25, -0.2) is 19.1 Å². The third-order valence-corrected chi connectivity index (χ3v) is 5.03. The van der Waals surface area contributed by atoms with Crippen LogP contribution in [-0.4, -0.2) is 48.6 Å². The summed E-state index contributed by atoms with van der Waals surface area (Å²) in [5.74, 6) is 0.0605. The summed E-state index contributed by atoms with van der Waals surface area (Å²) in [6, 6.07) is 6.16. The van der Waals surface area contributed by atoms with Crippen LogP contribution in [0.5, 0.6) is 0 Å². The van der Waals surface area contributed by atoms with Crippen molar-refractivity contribution >= 4 is 29.5 Å². The summed E-state index contributed by atoms with van der Waals surface area (Å²) in [4.78, 5) is 28.3. The van der Waals surface area contributed by atoms with Crippen LogP contribution >= 0.6 is 23.2 Å². The van der Waals surface area contributed by atoms with E-state index in [4.69, 9.17) is 28.9 Å². The molecule has 10 nitrogen and oxygen atoms in total. The molecule has 194 valence electrons. The molecule has 1 aromatic carbocycles. The minimum atomic E-state index is -4.47. The van der Waals surface area contributed by atoms with Crippen molar-refractivity contribution in [1.82, 2.24) is 29.1 Å². The molecule has 0 bridgehead atoms. The summed E-state index contributed by atoms with van der Waals surface area (Å²) >= 11 is 11.8. The van der Waals surface area contributed by atoms with Crippen LogP contribution in [0, 0.1) is 0 Å².